The molecule has 0 unspecified atom stereocenters. The summed E-state index contributed by atoms with van der Waals surface area (Å²) in [4.78, 5) is 36.6. The first-order valence-corrected chi connectivity index (χ1v) is 11.0. The molecule has 3 aromatic rings. The van der Waals surface area contributed by atoms with Crippen LogP contribution in [-0.4, -0.2) is 34.4 Å². The number of benzene rings is 2. The lowest BCUT2D eigenvalue weighted by Gasteiger charge is -2.36. The average Bonchev–Trinajstić information content (AvgIpc) is 3.11. The molecule has 1 saturated carbocycles. The molecule has 1 aromatic heterocycles. The minimum absolute atomic E-state index is 0.0483. The third-order valence-electron chi connectivity index (χ3n) is 6.68. The number of carbonyl (C=O) groups is 2. The predicted molar refractivity (Wildman–Crippen MR) is 120 cm³/mol. The van der Waals surface area contributed by atoms with Crippen LogP contribution in [0.15, 0.2) is 54.9 Å². The Balaban J connectivity index is 1.26. The number of rotatable bonds is 3. The van der Waals surface area contributed by atoms with Gasteiger partial charge in [-0.25, -0.2) is 0 Å². The summed E-state index contributed by atoms with van der Waals surface area (Å²) in [6, 6.07) is 13.0. The number of amides is 2. The Bertz CT molecular complexity index is 1150. The van der Waals surface area contributed by atoms with E-state index in [1.807, 2.05) is 41.3 Å². The minimum Gasteiger partial charge on any atom is -0.349 e. The third-order valence-corrected chi connectivity index (χ3v) is 7.00. The van der Waals surface area contributed by atoms with Gasteiger partial charge in [0.2, 0.25) is 5.91 Å². The van der Waals surface area contributed by atoms with E-state index in [-0.39, 0.29) is 23.3 Å². The van der Waals surface area contributed by atoms with Crippen LogP contribution in [0.5, 0.6) is 0 Å². The number of hydrogen-bond donors (Lipinski definition) is 1. The fourth-order valence-electron chi connectivity index (χ4n) is 4.94. The fourth-order valence-corrected chi connectivity index (χ4v) is 5.18. The molecule has 1 spiro atoms. The van der Waals surface area contributed by atoms with Gasteiger partial charge in [0, 0.05) is 25.0 Å². The zero-order valence-electron chi connectivity index (χ0n) is 17.1. The van der Waals surface area contributed by atoms with E-state index in [2.05, 4.69) is 15.3 Å². The summed E-state index contributed by atoms with van der Waals surface area (Å²) in [6.45, 7) is 0.689. The third kappa shape index (κ3) is 3.55. The molecule has 1 N–H and O–H groups in total. The van der Waals surface area contributed by atoms with E-state index in [0.29, 0.717) is 28.2 Å². The van der Waals surface area contributed by atoms with Gasteiger partial charge in [0.15, 0.2) is 0 Å². The molecular formula is C24H23ClN4O2. The van der Waals surface area contributed by atoms with Crippen LogP contribution in [0.4, 0.5) is 5.69 Å². The molecule has 31 heavy (non-hydrogen) atoms. The summed E-state index contributed by atoms with van der Waals surface area (Å²) in [5.41, 5.74) is 2.29. The van der Waals surface area contributed by atoms with Gasteiger partial charge < -0.3 is 10.2 Å². The fraction of sp³-hybridized carbons (Fsp3) is 0.333. The second-order valence-corrected chi connectivity index (χ2v) is 8.82. The summed E-state index contributed by atoms with van der Waals surface area (Å²) in [5, 5.41) is 3.75. The van der Waals surface area contributed by atoms with Crippen molar-refractivity contribution in [2.24, 2.45) is 5.41 Å². The maximum atomic E-state index is 13.3. The van der Waals surface area contributed by atoms with Crippen LogP contribution in [0.1, 0.15) is 42.5 Å². The second kappa shape index (κ2) is 7.93. The minimum atomic E-state index is -0.342. The molecular weight excluding hydrogens is 412 g/mol. The van der Waals surface area contributed by atoms with Crippen LogP contribution in [0, 0.1) is 5.41 Å². The van der Waals surface area contributed by atoms with Crippen LogP contribution in [0.25, 0.3) is 11.0 Å². The largest absolute Gasteiger partial charge is 0.349 e. The Morgan fingerprint density at radius 1 is 1.03 bits per heavy atom. The lowest BCUT2D eigenvalue weighted by molar-refractivity contribution is -0.127. The summed E-state index contributed by atoms with van der Waals surface area (Å²) in [7, 11) is 0. The molecule has 1 saturated heterocycles. The Morgan fingerprint density at radius 3 is 2.61 bits per heavy atom. The van der Waals surface area contributed by atoms with Crippen LogP contribution < -0.4 is 10.2 Å². The van der Waals surface area contributed by atoms with Gasteiger partial charge in [-0.2, -0.15) is 0 Å². The van der Waals surface area contributed by atoms with E-state index in [9.17, 15) is 9.59 Å². The van der Waals surface area contributed by atoms with E-state index in [4.69, 9.17) is 11.6 Å². The van der Waals surface area contributed by atoms with E-state index in [1.54, 1.807) is 18.5 Å². The van der Waals surface area contributed by atoms with Gasteiger partial charge in [0.05, 0.1) is 27.2 Å². The number of aromatic nitrogens is 2. The summed E-state index contributed by atoms with van der Waals surface area (Å²) in [5.74, 6) is 0.0252. The summed E-state index contributed by atoms with van der Waals surface area (Å²) >= 11 is 6.33. The van der Waals surface area contributed by atoms with E-state index in [1.165, 1.54) is 0 Å². The molecule has 1 aliphatic carbocycles. The number of carbonyl (C=O) groups excluding carboxylic acids is 2. The van der Waals surface area contributed by atoms with Gasteiger partial charge in [-0.1, -0.05) is 29.8 Å². The lowest BCUT2D eigenvalue weighted by atomic mass is 9.71. The molecule has 5 rings (SSSR count). The zero-order chi connectivity index (χ0) is 21.4. The molecule has 0 bridgehead atoms. The molecule has 7 heteroatoms. The molecule has 2 amide bonds. The maximum Gasteiger partial charge on any atom is 0.253 e. The quantitative estimate of drug-likeness (QED) is 0.663. The average molecular weight is 435 g/mol. The summed E-state index contributed by atoms with van der Waals surface area (Å²) < 4.78 is 0. The highest BCUT2D eigenvalue weighted by Crippen LogP contribution is 2.47. The SMILES string of the molecule is O=C(N[C@H]1CC[C@@]2(CCN(c3ccccc3Cl)C2=O)CC1)c1cccc2nccnc12. The Kier molecular flexibility index (Phi) is 5.10. The number of nitrogens with one attached hydrogen (secondary N) is 1. The Labute approximate surface area is 185 Å². The van der Waals surface area contributed by atoms with Crippen LogP contribution >= 0.6 is 11.6 Å². The molecule has 6 nitrogen and oxygen atoms in total. The van der Waals surface area contributed by atoms with Gasteiger partial charge in [-0.05, 0) is 56.4 Å². The van der Waals surface area contributed by atoms with Crippen molar-refractivity contribution in [1.82, 2.24) is 15.3 Å². The van der Waals surface area contributed by atoms with E-state index in [0.717, 1.165) is 37.8 Å². The molecule has 2 fully saturated rings. The number of hydrogen-bond acceptors (Lipinski definition) is 4. The monoisotopic (exact) mass is 434 g/mol. The van der Waals surface area contributed by atoms with Crippen molar-refractivity contribution in [2.75, 3.05) is 11.4 Å². The highest BCUT2D eigenvalue weighted by atomic mass is 35.5. The van der Waals surface area contributed by atoms with E-state index >= 15 is 0 Å². The molecule has 0 radical (unpaired) electrons. The Hall–Kier alpha value is -2.99. The standard InChI is InChI=1S/C24H23ClN4O2/c25-18-5-1-2-7-20(18)29-15-12-24(23(29)31)10-8-16(9-11-24)28-22(30)17-4-3-6-19-21(17)27-14-13-26-19/h1-7,13-14,16H,8-12,15H2,(H,28,30)/t16-,24-. The molecule has 2 heterocycles. The Morgan fingerprint density at radius 2 is 1.81 bits per heavy atom. The maximum absolute atomic E-state index is 13.3. The normalized spacial score (nSPS) is 23.5. The molecule has 2 aromatic carbocycles. The zero-order valence-corrected chi connectivity index (χ0v) is 17.8. The molecule has 0 atom stereocenters. The number of anilines is 1. The van der Waals surface area contributed by atoms with Crippen molar-refractivity contribution >= 4 is 40.1 Å². The first kappa shape index (κ1) is 19.9. The van der Waals surface area contributed by atoms with Gasteiger partial charge in [-0.15, -0.1) is 0 Å². The second-order valence-electron chi connectivity index (χ2n) is 8.42. The highest BCUT2D eigenvalue weighted by molar-refractivity contribution is 6.34. The topological polar surface area (TPSA) is 75.2 Å². The number of fused-ring (bicyclic) bond motifs is 1. The molecule has 158 valence electrons. The number of nitrogens with zero attached hydrogens (tertiary/aromatic N) is 3. The van der Waals surface area contributed by atoms with Crippen LogP contribution in [0.3, 0.4) is 0 Å². The lowest BCUT2D eigenvalue weighted by Crippen LogP contribution is -2.44. The highest BCUT2D eigenvalue weighted by Gasteiger charge is 2.49. The van der Waals surface area contributed by atoms with Gasteiger partial charge >= 0.3 is 0 Å². The van der Waals surface area contributed by atoms with E-state index < -0.39 is 0 Å². The number of halogens is 1. The summed E-state index contributed by atoms with van der Waals surface area (Å²) in [6.07, 6.45) is 7.15. The van der Waals surface area contributed by atoms with Crippen molar-refractivity contribution in [3.05, 3.63) is 65.4 Å². The van der Waals surface area contributed by atoms with Crippen LogP contribution in [-0.2, 0) is 4.79 Å². The van der Waals surface area contributed by atoms with Gasteiger partial charge in [0.25, 0.3) is 5.91 Å². The molecule has 2 aliphatic rings. The van der Waals surface area contributed by atoms with Gasteiger partial charge in [-0.3, -0.25) is 19.6 Å². The smallest absolute Gasteiger partial charge is 0.253 e. The van der Waals surface area contributed by atoms with Crippen molar-refractivity contribution in [3.63, 3.8) is 0 Å². The first-order valence-electron chi connectivity index (χ1n) is 10.6. The first-order chi connectivity index (χ1) is 15.1. The van der Waals surface area contributed by atoms with Crippen molar-refractivity contribution in [1.29, 1.82) is 0 Å². The van der Waals surface area contributed by atoms with Crippen molar-refractivity contribution in [2.45, 2.75) is 38.1 Å². The number of para-hydroxylation sites is 2. The van der Waals surface area contributed by atoms with Crippen molar-refractivity contribution in [3.8, 4) is 0 Å². The predicted octanol–water partition coefficient (Wildman–Crippen LogP) is 4.38. The van der Waals surface area contributed by atoms with Crippen molar-refractivity contribution < 1.29 is 9.59 Å². The van der Waals surface area contributed by atoms with Crippen LogP contribution in [0.2, 0.25) is 5.02 Å². The molecule has 1 aliphatic heterocycles. The van der Waals surface area contributed by atoms with Gasteiger partial charge in [0.1, 0.15) is 5.52 Å².